The Morgan fingerprint density at radius 2 is 1.81 bits per heavy atom. The molecule has 1 aromatic carbocycles. The van der Waals surface area contributed by atoms with Crippen LogP contribution in [0.2, 0.25) is 0 Å². The van der Waals surface area contributed by atoms with Crippen LogP contribution in [0.5, 0.6) is 0 Å². The van der Waals surface area contributed by atoms with Gasteiger partial charge in [-0.3, -0.25) is 14.4 Å². The SMILES string of the molecule is CC(CCCC(=O)O)OON1C(=O)c2ccccc2C1=O. The Balaban J connectivity index is 1.86. The van der Waals surface area contributed by atoms with Crippen LogP contribution < -0.4 is 0 Å². The number of hydrogen-bond acceptors (Lipinski definition) is 5. The van der Waals surface area contributed by atoms with Gasteiger partial charge in [-0.05, 0) is 31.9 Å². The number of carbonyl (C=O) groups is 3. The van der Waals surface area contributed by atoms with Crippen LogP contribution in [0, 0.1) is 0 Å². The van der Waals surface area contributed by atoms with Gasteiger partial charge in [-0.2, -0.15) is 0 Å². The van der Waals surface area contributed by atoms with Gasteiger partial charge in [0.05, 0.1) is 17.2 Å². The predicted octanol–water partition coefficient (Wildman–Crippen LogP) is 1.79. The average molecular weight is 293 g/mol. The summed E-state index contributed by atoms with van der Waals surface area (Å²) >= 11 is 0. The second-order valence-electron chi connectivity index (χ2n) is 4.72. The summed E-state index contributed by atoms with van der Waals surface area (Å²) in [5.74, 6) is -2.04. The van der Waals surface area contributed by atoms with Crippen molar-refractivity contribution in [2.45, 2.75) is 32.3 Å². The first-order valence-corrected chi connectivity index (χ1v) is 6.53. The van der Waals surface area contributed by atoms with E-state index in [-0.39, 0.29) is 17.5 Å². The highest BCUT2D eigenvalue weighted by atomic mass is 17.3. The van der Waals surface area contributed by atoms with E-state index < -0.39 is 23.9 Å². The minimum absolute atomic E-state index is 0.0285. The van der Waals surface area contributed by atoms with Gasteiger partial charge in [0.2, 0.25) is 0 Å². The Labute approximate surface area is 120 Å². The van der Waals surface area contributed by atoms with Gasteiger partial charge in [0, 0.05) is 6.42 Å². The summed E-state index contributed by atoms with van der Waals surface area (Å²) in [5.41, 5.74) is 0.536. The van der Waals surface area contributed by atoms with Crippen LogP contribution in [0.3, 0.4) is 0 Å². The number of hydrogen-bond donors (Lipinski definition) is 1. The van der Waals surface area contributed by atoms with Crippen molar-refractivity contribution in [2.75, 3.05) is 0 Å². The van der Waals surface area contributed by atoms with E-state index in [0.717, 1.165) is 0 Å². The number of aliphatic carboxylic acids is 1. The molecular formula is C14H15NO6. The third-order valence-corrected chi connectivity index (χ3v) is 3.04. The molecule has 1 atom stereocenters. The van der Waals surface area contributed by atoms with E-state index in [2.05, 4.69) is 0 Å². The van der Waals surface area contributed by atoms with Gasteiger partial charge in [-0.15, -0.1) is 10.1 Å². The molecule has 1 aromatic rings. The zero-order valence-corrected chi connectivity index (χ0v) is 11.4. The largest absolute Gasteiger partial charge is 0.481 e. The normalized spacial score (nSPS) is 15.2. The van der Waals surface area contributed by atoms with E-state index in [4.69, 9.17) is 15.0 Å². The smallest absolute Gasteiger partial charge is 0.303 e. The fraction of sp³-hybridized carbons (Fsp3) is 0.357. The number of imide groups is 1. The molecule has 0 aliphatic carbocycles. The van der Waals surface area contributed by atoms with Crippen LogP contribution in [0.25, 0.3) is 0 Å². The first-order valence-electron chi connectivity index (χ1n) is 6.53. The van der Waals surface area contributed by atoms with Crippen molar-refractivity contribution in [2.24, 2.45) is 0 Å². The minimum Gasteiger partial charge on any atom is -0.481 e. The van der Waals surface area contributed by atoms with Crippen LogP contribution in [0.1, 0.15) is 46.9 Å². The van der Waals surface area contributed by atoms with E-state index in [1.54, 1.807) is 19.1 Å². The number of amides is 2. The van der Waals surface area contributed by atoms with E-state index >= 15 is 0 Å². The minimum atomic E-state index is -0.886. The predicted molar refractivity (Wildman–Crippen MR) is 70.1 cm³/mol. The molecule has 1 N–H and O–H groups in total. The first kappa shape index (κ1) is 15.1. The maximum absolute atomic E-state index is 11.9. The van der Waals surface area contributed by atoms with Crippen molar-refractivity contribution in [3.05, 3.63) is 35.4 Å². The molecule has 2 rings (SSSR count). The Hall–Kier alpha value is -2.25. The number of hydroxylamine groups is 2. The van der Waals surface area contributed by atoms with E-state index in [1.807, 2.05) is 0 Å². The maximum atomic E-state index is 11.9. The van der Waals surface area contributed by atoms with Crippen LogP contribution in [0.4, 0.5) is 0 Å². The standard InChI is InChI=1S/C14H15NO6/c1-9(5-4-8-12(16)17)20-21-15-13(18)10-6-2-3-7-11(10)14(15)19/h2-3,6-7,9H,4-5,8H2,1H3,(H,16,17). The number of carboxylic acids is 1. The molecule has 1 aliphatic heterocycles. The quantitative estimate of drug-likeness (QED) is 0.468. The highest BCUT2D eigenvalue weighted by Gasteiger charge is 2.37. The van der Waals surface area contributed by atoms with E-state index in [0.29, 0.717) is 17.9 Å². The van der Waals surface area contributed by atoms with Crippen LogP contribution >= 0.6 is 0 Å². The fourth-order valence-electron chi connectivity index (χ4n) is 1.94. The molecule has 0 aromatic heterocycles. The molecule has 7 nitrogen and oxygen atoms in total. The Bertz CT molecular complexity index is 535. The van der Waals surface area contributed by atoms with Crippen molar-refractivity contribution in [1.29, 1.82) is 0 Å². The summed E-state index contributed by atoms with van der Waals surface area (Å²) in [6.45, 7) is 1.67. The van der Waals surface area contributed by atoms with Crippen molar-refractivity contribution >= 4 is 17.8 Å². The van der Waals surface area contributed by atoms with Crippen molar-refractivity contribution in [3.8, 4) is 0 Å². The van der Waals surface area contributed by atoms with Gasteiger partial charge in [-0.25, -0.2) is 4.89 Å². The number of nitrogens with zero attached hydrogens (tertiary/aromatic N) is 1. The van der Waals surface area contributed by atoms with Crippen LogP contribution in [-0.4, -0.2) is 34.1 Å². The second kappa shape index (κ2) is 6.47. The van der Waals surface area contributed by atoms with Gasteiger partial charge in [0.15, 0.2) is 0 Å². The van der Waals surface area contributed by atoms with Gasteiger partial charge in [-0.1, -0.05) is 12.1 Å². The lowest BCUT2D eigenvalue weighted by atomic mass is 10.1. The molecule has 112 valence electrons. The summed E-state index contributed by atoms with van der Waals surface area (Å²) in [4.78, 5) is 44.1. The third kappa shape index (κ3) is 3.45. The number of fused-ring (bicyclic) bond motifs is 1. The molecule has 0 saturated heterocycles. The Morgan fingerprint density at radius 3 is 2.33 bits per heavy atom. The molecule has 2 amide bonds. The van der Waals surface area contributed by atoms with Crippen LogP contribution in [-0.2, 0) is 14.7 Å². The fourth-order valence-corrected chi connectivity index (χ4v) is 1.94. The summed E-state index contributed by atoms with van der Waals surface area (Å²) in [6.07, 6.45) is 0.451. The number of benzene rings is 1. The molecular weight excluding hydrogens is 278 g/mol. The van der Waals surface area contributed by atoms with Gasteiger partial charge >= 0.3 is 5.97 Å². The van der Waals surface area contributed by atoms with Crippen LogP contribution in [0.15, 0.2) is 24.3 Å². The first-order chi connectivity index (χ1) is 10.0. The lowest BCUT2D eigenvalue weighted by Gasteiger charge is -2.15. The zero-order chi connectivity index (χ0) is 15.4. The number of carbonyl (C=O) groups excluding carboxylic acids is 2. The van der Waals surface area contributed by atoms with Crippen molar-refractivity contribution in [1.82, 2.24) is 5.06 Å². The van der Waals surface area contributed by atoms with E-state index in [9.17, 15) is 14.4 Å². The summed E-state index contributed by atoms with van der Waals surface area (Å²) in [7, 11) is 0. The molecule has 1 unspecified atom stereocenters. The van der Waals surface area contributed by atoms with Crippen molar-refractivity contribution < 1.29 is 29.4 Å². The van der Waals surface area contributed by atoms with Gasteiger partial charge in [0.1, 0.15) is 0 Å². The summed E-state index contributed by atoms with van der Waals surface area (Å²) < 4.78 is 0. The summed E-state index contributed by atoms with van der Waals surface area (Å²) in [5, 5.41) is 9.10. The molecule has 0 bridgehead atoms. The number of rotatable bonds is 7. The Morgan fingerprint density at radius 1 is 1.24 bits per heavy atom. The second-order valence-corrected chi connectivity index (χ2v) is 4.72. The molecule has 0 spiro atoms. The van der Waals surface area contributed by atoms with E-state index in [1.165, 1.54) is 12.1 Å². The number of carboxylic acid groups (broad SMARTS) is 1. The molecule has 0 saturated carbocycles. The molecule has 21 heavy (non-hydrogen) atoms. The highest BCUT2D eigenvalue weighted by molar-refractivity contribution is 6.20. The lowest BCUT2D eigenvalue weighted by Crippen LogP contribution is -2.31. The lowest BCUT2D eigenvalue weighted by molar-refractivity contribution is -0.405. The van der Waals surface area contributed by atoms with Gasteiger partial charge in [0.25, 0.3) is 11.8 Å². The molecule has 0 radical (unpaired) electrons. The zero-order valence-electron chi connectivity index (χ0n) is 11.4. The average Bonchev–Trinajstić information content (AvgIpc) is 2.69. The summed E-state index contributed by atoms with van der Waals surface area (Å²) in [6, 6.07) is 6.39. The molecule has 1 aliphatic rings. The maximum Gasteiger partial charge on any atom is 0.303 e. The third-order valence-electron chi connectivity index (χ3n) is 3.04. The van der Waals surface area contributed by atoms with Crippen molar-refractivity contribution in [3.63, 3.8) is 0 Å². The Kier molecular flexibility index (Phi) is 4.66. The topological polar surface area (TPSA) is 93.1 Å². The molecule has 1 heterocycles. The molecule has 0 fully saturated rings. The van der Waals surface area contributed by atoms with Gasteiger partial charge < -0.3 is 5.11 Å². The molecule has 7 heteroatoms. The highest BCUT2D eigenvalue weighted by Crippen LogP contribution is 2.23. The monoisotopic (exact) mass is 293 g/mol.